The number of nitrogens with zero attached hydrogens (tertiary/aromatic N) is 3. The minimum atomic E-state index is 0.563. The molecule has 0 atom stereocenters. The number of aromatic nitrogens is 3. The zero-order valence-electron chi connectivity index (χ0n) is 10.9. The fourth-order valence-corrected chi connectivity index (χ4v) is 3.48. The molecule has 18 heavy (non-hydrogen) atoms. The van der Waals surface area contributed by atoms with Crippen molar-refractivity contribution in [2.45, 2.75) is 51.9 Å². The zero-order valence-corrected chi connectivity index (χ0v) is 11.7. The third kappa shape index (κ3) is 1.91. The lowest BCUT2D eigenvalue weighted by Crippen LogP contribution is -2.11. The second kappa shape index (κ2) is 4.54. The highest BCUT2D eigenvalue weighted by atomic mass is 35.5. The first kappa shape index (κ1) is 12.0. The first-order chi connectivity index (χ1) is 8.66. The van der Waals surface area contributed by atoms with Gasteiger partial charge in [0.15, 0.2) is 5.65 Å². The van der Waals surface area contributed by atoms with Gasteiger partial charge in [-0.15, -0.1) is 0 Å². The minimum absolute atomic E-state index is 0.563. The Hall–Kier alpha value is -1.09. The summed E-state index contributed by atoms with van der Waals surface area (Å²) in [7, 11) is 0. The van der Waals surface area contributed by atoms with Gasteiger partial charge in [-0.25, -0.2) is 9.50 Å². The van der Waals surface area contributed by atoms with Crippen molar-refractivity contribution in [1.82, 2.24) is 14.6 Å². The molecule has 0 unspecified atom stereocenters. The maximum Gasteiger partial charge on any atom is 0.157 e. The lowest BCUT2D eigenvalue weighted by molar-refractivity contribution is 0.440. The van der Waals surface area contributed by atoms with E-state index in [0.29, 0.717) is 5.92 Å². The predicted octanol–water partition coefficient (Wildman–Crippen LogP) is 4.05. The Morgan fingerprint density at radius 2 is 1.94 bits per heavy atom. The smallest absolute Gasteiger partial charge is 0.157 e. The minimum Gasteiger partial charge on any atom is -0.233 e. The van der Waals surface area contributed by atoms with E-state index in [9.17, 15) is 0 Å². The van der Waals surface area contributed by atoms with Crippen molar-refractivity contribution < 1.29 is 0 Å². The zero-order chi connectivity index (χ0) is 12.7. The van der Waals surface area contributed by atoms with Crippen molar-refractivity contribution in [3.63, 3.8) is 0 Å². The Morgan fingerprint density at radius 1 is 1.22 bits per heavy atom. The quantitative estimate of drug-likeness (QED) is 0.727. The van der Waals surface area contributed by atoms with Crippen LogP contribution in [0, 0.1) is 13.8 Å². The molecule has 3 nitrogen and oxygen atoms in total. The van der Waals surface area contributed by atoms with Crippen LogP contribution in [0.4, 0.5) is 0 Å². The molecule has 2 aromatic rings. The highest BCUT2D eigenvalue weighted by Crippen LogP contribution is 2.37. The molecule has 0 N–H and O–H groups in total. The summed E-state index contributed by atoms with van der Waals surface area (Å²) in [4.78, 5) is 4.65. The first-order valence-corrected chi connectivity index (χ1v) is 7.07. The Balaban J connectivity index is 2.15. The number of hydrogen-bond acceptors (Lipinski definition) is 2. The van der Waals surface area contributed by atoms with Crippen LogP contribution < -0.4 is 0 Å². The van der Waals surface area contributed by atoms with Crippen LogP contribution >= 0.6 is 11.6 Å². The van der Waals surface area contributed by atoms with E-state index in [4.69, 9.17) is 11.6 Å². The van der Waals surface area contributed by atoms with Gasteiger partial charge in [0, 0.05) is 17.3 Å². The number of halogens is 1. The fraction of sp³-hybridized carbons (Fsp3) is 0.571. The first-order valence-electron chi connectivity index (χ1n) is 6.69. The maximum atomic E-state index is 6.55. The van der Waals surface area contributed by atoms with Crippen molar-refractivity contribution in [1.29, 1.82) is 0 Å². The van der Waals surface area contributed by atoms with Gasteiger partial charge in [0.05, 0.1) is 5.69 Å². The second-order valence-electron chi connectivity index (χ2n) is 5.29. The topological polar surface area (TPSA) is 30.2 Å². The van der Waals surface area contributed by atoms with Gasteiger partial charge in [-0.1, -0.05) is 30.9 Å². The largest absolute Gasteiger partial charge is 0.233 e. The van der Waals surface area contributed by atoms with E-state index < -0.39 is 0 Å². The van der Waals surface area contributed by atoms with Crippen LogP contribution in [-0.4, -0.2) is 14.6 Å². The van der Waals surface area contributed by atoms with E-state index in [0.717, 1.165) is 22.2 Å². The molecule has 4 heteroatoms. The number of aryl methyl sites for hydroxylation is 2. The van der Waals surface area contributed by atoms with Crippen LogP contribution in [0.5, 0.6) is 0 Å². The van der Waals surface area contributed by atoms with E-state index in [-0.39, 0.29) is 0 Å². The molecule has 1 fully saturated rings. The Labute approximate surface area is 112 Å². The summed E-state index contributed by atoms with van der Waals surface area (Å²) in [5.74, 6) is 0.563. The van der Waals surface area contributed by atoms with Crippen molar-refractivity contribution >= 4 is 17.2 Å². The number of fused-ring (bicyclic) bond motifs is 1. The van der Waals surface area contributed by atoms with Crippen molar-refractivity contribution in [2.24, 2.45) is 0 Å². The SMILES string of the molecule is Cc1cc2nc(C)c(C3CCCCC3)c(Cl)n2n1. The van der Waals surface area contributed by atoms with E-state index in [1.165, 1.54) is 37.7 Å². The Morgan fingerprint density at radius 3 is 2.67 bits per heavy atom. The summed E-state index contributed by atoms with van der Waals surface area (Å²) >= 11 is 6.55. The standard InChI is InChI=1S/C14H18ClN3/c1-9-8-12-16-10(2)13(14(15)18(12)17-9)11-6-4-3-5-7-11/h8,11H,3-7H2,1-2H3. The molecule has 0 bridgehead atoms. The summed E-state index contributed by atoms with van der Waals surface area (Å²) in [6, 6.07) is 1.98. The second-order valence-corrected chi connectivity index (χ2v) is 5.65. The fourth-order valence-electron chi connectivity index (χ4n) is 3.06. The van der Waals surface area contributed by atoms with Crippen molar-refractivity contribution in [3.05, 3.63) is 28.2 Å². The van der Waals surface area contributed by atoms with E-state index in [1.807, 2.05) is 13.0 Å². The number of rotatable bonds is 1. The summed E-state index contributed by atoms with van der Waals surface area (Å²) in [5, 5.41) is 5.19. The van der Waals surface area contributed by atoms with Crippen LogP contribution in [0.15, 0.2) is 6.07 Å². The molecule has 96 valence electrons. The van der Waals surface area contributed by atoms with Crippen molar-refractivity contribution in [3.8, 4) is 0 Å². The van der Waals surface area contributed by atoms with Gasteiger partial charge in [0.1, 0.15) is 5.15 Å². The molecule has 0 saturated heterocycles. The average Bonchev–Trinajstić information content (AvgIpc) is 2.71. The van der Waals surface area contributed by atoms with E-state index >= 15 is 0 Å². The molecule has 2 aromatic heterocycles. The lowest BCUT2D eigenvalue weighted by Gasteiger charge is -2.24. The molecule has 0 aromatic carbocycles. The molecule has 1 aliphatic carbocycles. The van der Waals surface area contributed by atoms with Gasteiger partial charge in [-0.2, -0.15) is 5.10 Å². The highest BCUT2D eigenvalue weighted by molar-refractivity contribution is 6.30. The van der Waals surface area contributed by atoms with Crippen LogP contribution in [0.3, 0.4) is 0 Å². The molecule has 1 aliphatic rings. The third-order valence-corrected chi connectivity index (χ3v) is 4.27. The van der Waals surface area contributed by atoms with Gasteiger partial charge in [0.25, 0.3) is 0 Å². The Bertz CT molecular complexity index is 582. The normalized spacial score (nSPS) is 17.5. The molecular weight excluding hydrogens is 246 g/mol. The molecular formula is C14H18ClN3. The van der Waals surface area contributed by atoms with Gasteiger partial charge >= 0.3 is 0 Å². The van der Waals surface area contributed by atoms with Crippen LogP contribution in [-0.2, 0) is 0 Å². The predicted molar refractivity (Wildman–Crippen MR) is 73.3 cm³/mol. The van der Waals surface area contributed by atoms with Crippen LogP contribution in [0.25, 0.3) is 5.65 Å². The summed E-state index contributed by atoms with van der Waals surface area (Å²) < 4.78 is 1.79. The average molecular weight is 264 g/mol. The maximum absolute atomic E-state index is 6.55. The van der Waals surface area contributed by atoms with Crippen LogP contribution in [0.1, 0.15) is 55.0 Å². The molecule has 0 aliphatic heterocycles. The molecule has 0 amide bonds. The molecule has 3 rings (SSSR count). The van der Waals surface area contributed by atoms with Crippen molar-refractivity contribution in [2.75, 3.05) is 0 Å². The summed E-state index contributed by atoms with van der Waals surface area (Å²) in [6.07, 6.45) is 6.42. The third-order valence-electron chi connectivity index (χ3n) is 3.91. The number of hydrogen-bond donors (Lipinski definition) is 0. The van der Waals surface area contributed by atoms with Gasteiger partial charge in [0.2, 0.25) is 0 Å². The van der Waals surface area contributed by atoms with Gasteiger partial charge in [-0.05, 0) is 32.6 Å². The Kier molecular flexibility index (Phi) is 3.02. The van der Waals surface area contributed by atoms with E-state index in [1.54, 1.807) is 4.52 Å². The van der Waals surface area contributed by atoms with E-state index in [2.05, 4.69) is 17.0 Å². The van der Waals surface area contributed by atoms with Gasteiger partial charge < -0.3 is 0 Å². The highest BCUT2D eigenvalue weighted by Gasteiger charge is 2.23. The molecule has 2 heterocycles. The summed E-state index contributed by atoms with van der Waals surface area (Å²) in [6.45, 7) is 4.04. The molecule has 0 spiro atoms. The van der Waals surface area contributed by atoms with Crippen LogP contribution in [0.2, 0.25) is 5.15 Å². The lowest BCUT2D eigenvalue weighted by atomic mass is 9.84. The monoisotopic (exact) mass is 263 g/mol. The van der Waals surface area contributed by atoms with Gasteiger partial charge in [-0.3, -0.25) is 0 Å². The summed E-state index contributed by atoms with van der Waals surface area (Å²) in [5.41, 5.74) is 4.10. The molecule has 0 radical (unpaired) electrons. The molecule has 1 saturated carbocycles.